The van der Waals surface area contributed by atoms with Gasteiger partial charge in [0.25, 0.3) is 11.6 Å². The van der Waals surface area contributed by atoms with E-state index in [9.17, 15) is 14.9 Å². The Balaban J connectivity index is 2.18. The molecule has 0 saturated heterocycles. The minimum atomic E-state index is -0.547. The molecule has 0 aliphatic rings. The number of nitrogens with one attached hydrogen (secondary N) is 1. The number of rotatable bonds is 8. The topological polar surface area (TPSA) is 103 Å². The zero-order valence-corrected chi connectivity index (χ0v) is 16.9. The molecule has 0 radical (unpaired) electrons. The number of halogens is 1. The fraction of sp³-hybridized carbons (Fsp3) is 0.158. The molecule has 0 spiro atoms. The van der Waals surface area contributed by atoms with Crippen LogP contribution in [0, 0.1) is 17.0 Å². The summed E-state index contributed by atoms with van der Waals surface area (Å²) in [5.74, 6) is 0.462. The molecule has 0 bridgehead atoms. The van der Waals surface area contributed by atoms with Gasteiger partial charge in [-0.25, -0.2) is 5.43 Å². The maximum absolute atomic E-state index is 12.3. The average molecular weight is 448 g/mol. The summed E-state index contributed by atoms with van der Waals surface area (Å²) in [7, 11) is 1.51. The monoisotopic (exact) mass is 447 g/mol. The first-order chi connectivity index (χ1) is 13.4. The summed E-state index contributed by atoms with van der Waals surface area (Å²) < 4.78 is 11.5. The number of hydrazone groups is 1. The van der Waals surface area contributed by atoms with Crippen molar-refractivity contribution in [2.24, 2.45) is 5.10 Å². The Morgan fingerprint density at radius 2 is 2.18 bits per heavy atom. The normalized spacial score (nSPS) is 10.5. The highest BCUT2D eigenvalue weighted by molar-refractivity contribution is 9.10. The van der Waals surface area contributed by atoms with Gasteiger partial charge in [0.05, 0.1) is 28.3 Å². The van der Waals surface area contributed by atoms with E-state index in [1.165, 1.54) is 38.4 Å². The summed E-state index contributed by atoms with van der Waals surface area (Å²) >= 11 is 3.41. The smallest absolute Gasteiger partial charge is 0.273 e. The van der Waals surface area contributed by atoms with Crippen LogP contribution in [-0.2, 0) is 0 Å². The molecule has 9 heteroatoms. The number of nitro benzene ring substituents is 1. The van der Waals surface area contributed by atoms with E-state index in [1.807, 2.05) is 0 Å². The van der Waals surface area contributed by atoms with E-state index in [-0.39, 0.29) is 16.8 Å². The van der Waals surface area contributed by atoms with Crippen molar-refractivity contribution in [3.05, 3.63) is 74.3 Å². The number of hydrogen-bond donors (Lipinski definition) is 1. The Morgan fingerprint density at radius 3 is 2.82 bits per heavy atom. The molecule has 1 N–H and O–H groups in total. The van der Waals surface area contributed by atoms with Crippen molar-refractivity contribution in [2.45, 2.75) is 6.92 Å². The van der Waals surface area contributed by atoms with Crippen molar-refractivity contribution in [1.82, 2.24) is 5.43 Å². The van der Waals surface area contributed by atoms with Gasteiger partial charge < -0.3 is 9.47 Å². The number of carbonyl (C=O) groups is 1. The second-order valence-corrected chi connectivity index (χ2v) is 6.39. The fourth-order valence-electron chi connectivity index (χ4n) is 2.39. The van der Waals surface area contributed by atoms with Crippen LogP contribution in [0.4, 0.5) is 5.69 Å². The lowest BCUT2D eigenvalue weighted by atomic mass is 10.1. The number of hydrogen-bond acceptors (Lipinski definition) is 6. The van der Waals surface area contributed by atoms with Crippen LogP contribution >= 0.6 is 15.9 Å². The van der Waals surface area contributed by atoms with Gasteiger partial charge in [-0.15, -0.1) is 0 Å². The van der Waals surface area contributed by atoms with E-state index >= 15 is 0 Å². The average Bonchev–Trinajstić information content (AvgIpc) is 2.66. The SMILES string of the molecule is C=CCOc1c(Br)cc(/C=N\NC(=O)c2cccc([N+](=O)[O-])c2C)cc1OC. The molecule has 0 aromatic heterocycles. The first-order valence-electron chi connectivity index (χ1n) is 8.07. The predicted octanol–water partition coefficient (Wildman–Crippen LogP) is 4.00. The van der Waals surface area contributed by atoms with E-state index in [0.29, 0.717) is 28.1 Å². The summed E-state index contributed by atoms with van der Waals surface area (Å²) in [5, 5.41) is 14.9. The largest absolute Gasteiger partial charge is 0.493 e. The Bertz CT molecular complexity index is 943. The quantitative estimate of drug-likeness (QED) is 0.285. The lowest BCUT2D eigenvalue weighted by Crippen LogP contribution is -2.19. The Hall–Kier alpha value is -3.20. The third-order valence-electron chi connectivity index (χ3n) is 3.72. The first kappa shape index (κ1) is 21.1. The number of methoxy groups -OCH3 is 1. The van der Waals surface area contributed by atoms with Crippen molar-refractivity contribution < 1.29 is 19.2 Å². The van der Waals surface area contributed by atoms with Gasteiger partial charge in [0.15, 0.2) is 11.5 Å². The second-order valence-electron chi connectivity index (χ2n) is 5.54. The number of carbonyl (C=O) groups excluding carboxylic acids is 1. The highest BCUT2D eigenvalue weighted by Crippen LogP contribution is 2.36. The van der Waals surface area contributed by atoms with Crippen molar-refractivity contribution in [3.8, 4) is 11.5 Å². The van der Waals surface area contributed by atoms with Gasteiger partial charge in [-0.05, 0) is 46.6 Å². The van der Waals surface area contributed by atoms with Crippen LogP contribution in [0.2, 0.25) is 0 Å². The van der Waals surface area contributed by atoms with Gasteiger partial charge in [0, 0.05) is 11.6 Å². The molecular weight excluding hydrogens is 430 g/mol. The minimum Gasteiger partial charge on any atom is -0.493 e. The van der Waals surface area contributed by atoms with Crippen LogP contribution in [0.25, 0.3) is 0 Å². The molecule has 2 aromatic carbocycles. The maximum atomic E-state index is 12.3. The summed E-state index contributed by atoms with van der Waals surface area (Å²) in [6.07, 6.45) is 3.04. The molecular formula is C19H18BrN3O5. The Labute approximate surface area is 170 Å². The number of ether oxygens (including phenoxy) is 2. The van der Waals surface area contributed by atoms with Crippen LogP contribution in [-0.4, -0.2) is 30.8 Å². The number of nitrogens with zero attached hydrogens (tertiary/aromatic N) is 2. The van der Waals surface area contributed by atoms with Crippen LogP contribution in [0.15, 0.2) is 52.6 Å². The lowest BCUT2D eigenvalue weighted by molar-refractivity contribution is -0.385. The minimum absolute atomic E-state index is 0.125. The maximum Gasteiger partial charge on any atom is 0.273 e. The zero-order chi connectivity index (χ0) is 20.7. The zero-order valence-electron chi connectivity index (χ0n) is 15.3. The fourth-order valence-corrected chi connectivity index (χ4v) is 2.96. The molecule has 2 rings (SSSR count). The Morgan fingerprint density at radius 1 is 1.43 bits per heavy atom. The highest BCUT2D eigenvalue weighted by Gasteiger charge is 2.17. The number of benzene rings is 2. The molecule has 0 atom stereocenters. The third kappa shape index (κ3) is 4.95. The van der Waals surface area contributed by atoms with Gasteiger partial charge >= 0.3 is 0 Å². The van der Waals surface area contributed by atoms with E-state index in [1.54, 1.807) is 18.2 Å². The van der Waals surface area contributed by atoms with Gasteiger partial charge in [0.2, 0.25) is 0 Å². The van der Waals surface area contributed by atoms with Crippen molar-refractivity contribution in [1.29, 1.82) is 0 Å². The molecule has 1 amide bonds. The van der Waals surface area contributed by atoms with Gasteiger partial charge in [0.1, 0.15) is 6.61 Å². The van der Waals surface area contributed by atoms with Gasteiger partial charge in [-0.3, -0.25) is 14.9 Å². The first-order valence-corrected chi connectivity index (χ1v) is 8.87. The molecule has 28 heavy (non-hydrogen) atoms. The van der Waals surface area contributed by atoms with Crippen LogP contribution in [0.3, 0.4) is 0 Å². The molecule has 0 saturated carbocycles. The molecule has 0 fully saturated rings. The van der Waals surface area contributed by atoms with Crippen molar-refractivity contribution in [2.75, 3.05) is 13.7 Å². The summed E-state index contributed by atoms with van der Waals surface area (Å²) in [4.78, 5) is 22.7. The second kappa shape index (κ2) is 9.65. The summed E-state index contributed by atoms with van der Waals surface area (Å²) in [6, 6.07) is 7.73. The number of nitro groups is 1. The molecule has 2 aromatic rings. The van der Waals surface area contributed by atoms with Gasteiger partial charge in [-0.2, -0.15) is 5.10 Å². The predicted molar refractivity (Wildman–Crippen MR) is 109 cm³/mol. The molecule has 0 aliphatic heterocycles. The molecule has 0 aliphatic carbocycles. The summed E-state index contributed by atoms with van der Waals surface area (Å²) in [6.45, 7) is 5.44. The van der Waals surface area contributed by atoms with Crippen LogP contribution in [0.5, 0.6) is 11.5 Å². The molecule has 0 unspecified atom stereocenters. The highest BCUT2D eigenvalue weighted by atomic mass is 79.9. The van der Waals surface area contributed by atoms with E-state index < -0.39 is 10.8 Å². The van der Waals surface area contributed by atoms with Crippen molar-refractivity contribution in [3.63, 3.8) is 0 Å². The van der Waals surface area contributed by atoms with E-state index in [4.69, 9.17) is 9.47 Å². The molecule has 146 valence electrons. The van der Waals surface area contributed by atoms with Crippen molar-refractivity contribution >= 4 is 33.7 Å². The van der Waals surface area contributed by atoms with Gasteiger partial charge in [-0.1, -0.05) is 18.7 Å². The Kier molecular flexibility index (Phi) is 7.28. The van der Waals surface area contributed by atoms with E-state index in [0.717, 1.165) is 0 Å². The number of amides is 1. The van der Waals surface area contributed by atoms with Crippen LogP contribution in [0.1, 0.15) is 21.5 Å². The molecule has 0 heterocycles. The lowest BCUT2D eigenvalue weighted by Gasteiger charge is -2.12. The van der Waals surface area contributed by atoms with Crippen LogP contribution < -0.4 is 14.9 Å². The molecule has 8 nitrogen and oxygen atoms in total. The third-order valence-corrected chi connectivity index (χ3v) is 4.31. The summed E-state index contributed by atoms with van der Waals surface area (Å²) in [5.41, 5.74) is 3.34. The van der Waals surface area contributed by atoms with E-state index in [2.05, 4.69) is 33.0 Å². The standard InChI is InChI=1S/C19H18BrN3O5/c1-4-8-28-18-15(20)9-13(10-17(18)27-3)11-21-22-19(24)14-6-5-7-16(12(14)2)23(25)26/h4-7,9-11H,1,8H2,2-3H3,(H,22,24)/b21-11-.